The van der Waals surface area contributed by atoms with Crippen molar-refractivity contribution in [1.29, 1.82) is 0 Å². The van der Waals surface area contributed by atoms with Gasteiger partial charge in [-0.25, -0.2) is 0 Å². The molecular formula is C15H21ClN2O3. The van der Waals surface area contributed by atoms with Crippen molar-refractivity contribution in [2.24, 2.45) is 11.8 Å². The average molecular weight is 313 g/mol. The predicted molar refractivity (Wildman–Crippen MR) is 82.5 cm³/mol. The van der Waals surface area contributed by atoms with Gasteiger partial charge in [0.1, 0.15) is 11.5 Å². The third kappa shape index (κ3) is 2.94. The molecule has 6 heteroatoms. The fourth-order valence-electron chi connectivity index (χ4n) is 3.17. The van der Waals surface area contributed by atoms with Crippen molar-refractivity contribution < 1.29 is 14.3 Å². The minimum atomic E-state index is 0. The third-order valence-corrected chi connectivity index (χ3v) is 4.31. The number of likely N-dealkylation sites (tertiary alicyclic amines) is 1. The number of rotatable bonds is 3. The Kier molecular flexibility index (Phi) is 4.96. The standard InChI is InChI=1S/C15H20N2O3.ClH/c1-19-12-3-4-14(20-2)13(5-12)15(18)17-8-10-6-16-7-11(10)9-17;/h3-5,10-11,16H,6-9H2,1-2H3;1H/t10-,11+;. The number of methoxy groups -OCH3 is 2. The molecule has 2 saturated heterocycles. The zero-order valence-electron chi connectivity index (χ0n) is 12.3. The normalized spacial score (nSPS) is 23.4. The number of ether oxygens (including phenoxy) is 2. The third-order valence-electron chi connectivity index (χ3n) is 4.31. The number of hydrogen-bond donors (Lipinski definition) is 1. The molecule has 0 bridgehead atoms. The molecule has 0 spiro atoms. The molecule has 2 heterocycles. The average Bonchev–Trinajstić information content (AvgIpc) is 3.07. The van der Waals surface area contributed by atoms with Crippen LogP contribution in [0.25, 0.3) is 0 Å². The summed E-state index contributed by atoms with van der Waals surface area (Å²) in [6, 6.07) is 5.34. The summed E-state index contributed by atoms with van der Waals surface area (Å²) in [7, 11) is 3.18. The summed E-state index contributed by atoms with van der Waals surface area (Å²) in [6.07, 6.45) is 0. The van der Waals surface area contributed by atoms with E-state index in [1.807, 2.05) is 4.90 Å². The van der Waals surface area contributed by atoms with Crippen molar-refractivity contribution in [1.82, 2.24) is 10.2 Å². The Morgan fingerprint density at radius 2 is 1.86 bits per heavy atom. The Balaban J connectivity index is 0.00000161. The van der Waals surface area contributed by atoms with E-state index in [2.05, 4.69) is 5.32 Å². The van der Waals surface area contributed by atoms with Crippen molar-refractivity contribution in [2.45, 2.75) is 0 Å². The van der Waals surface area contributed by atoms with Gasteiger partial charge in [-0.2, -0.15) is 0 Å². The molecule has 0 aliphatic carbocycles. The van der Waals surface area contributed by atoms with E-state index in [1.54, 1.807) is 32.4 Å². The number of nitrogens with one attached hydrogen (secondary N) is 1. The molecule has 0 saturated carbocycles. The van der Waals surface area contributed by atoms with Crippen LogP contribution >= 0.6 is 12.4 Å². The number of carbonyl (C=O) groups is 1. The quantitative estimate of drug-likeness (QED) is 0.917. The SMILES string of the molecule is COc1ccc(OC)c(C(=O)N2C[C@H]3CNC[C@H]3C2)c1.Cl. The number of carbonyl (C=O) groups excluding carboxylic acids is 1. The molecule has 116 valence electrons. The Bertz CT molecular complexity index is 512. The lowest BCUT2D eigenvalue weighted by Crippen LogP contribution is -2.32. The fourth-order valence-corrected chi connectivity index (χ4v) is 3.17. The highest BCUT2D eigenvalue weighted by atomic mass is 35.5. The summed E-state index contributed by atoms with van der Waals surface area (Å²) in [5.41, 5.74) is 0.583. The van der Waals surface area contributed by atoms with E-state index >= 15 is 0 Å². The summed E-state index contributed by atoms with van der Waals surface area (Å²) in [5.74, 6) is 2.50. The van der Waals surface area contributed by atoms with Crippen LogP contribution in [0, 0.1) is 11.8 Å². The van der Waals surface area contributed by atoms with Crippen LogP contribution in [-0.2, 0) is 0 Å². The zero-order chi connectivity index (χ0) is 14.1. The maximum Gasteiger partial charge on any atom is 0.257 e. The Hall–Kier alpha value is -1.46. The van der Waals surface area contributed by atoms with Crippen LogP contribution in [0.3, 0.4) is 0 Å². The van der Waals surface area contributed by atoms with Crippen LogP contribution in [0.5, 0.6) is 11.5 Å². The minimum absolute atomic E-state index is 0. The molecule has 1 aromatic carbocycles. The van der Waals surface area contributed by atoms with Gasteiger partial charge in [0.05, 0.1) is 19.8 Å². The maximum atomic E-state index is 12.7. The Labute approximate surface area is 131 Å². The van der Waals surface area contributed by atoms with Gasteiger partial charge in [-0.15, -0.1) is 12.4 Å². The minimum Gasteiger partial charge on any atom is -0.497 e. The van der Waals surface area contributed by atoms with Crippen LogP contribution in [0.15, 0.2) is 18.2 Å². The lowest BCUT2D eigenvalue weighted by atomic mass is 10.0. The summed E-state index contributed by atoms with van der Waals surface area (Å²) in [4.78, 5) is 14.6. The molecule has 3 rings (SSSR count). The molecule has 2 fully saturated rings. The molecule has 21 heavy (non-hydrogen) atoms. The van der Waals surface area contributed by atoms with E-state index in [9.17, 15) is 4.79 Å². The van der Waals surface area contributed by atoms with Gasteiger partial charge in [0.25, 0.3) is 5.91 Å². The van der Waals surface area contributed by atoms with Gasteiger partial charge in [0, 0.05) is 26.2 Å². The molecule has 0 aromatic heterocycles. The molecule has 2 aliphatic rings. The van der Waals surface area contributed by atoms with Crippen molar-refractivity contribution in [2.75, 3.05) is 40.4 Å². The van der Waals surface area contributed by atoms with Crippen molar-refractivity contribution >= 4 is 18.3 Å². The van der Waals surface area contributed by atoms with Gasteiger partial charge in [-0.1, -0.05) is 0 Å². The lowest BCUT2D eigenvalue weighted by molar-refractivity contribution is 0.0778. The number of fused-ring (bicyclic) bond motifs is 1. The molecule has 1 aromatic rings. The van der Waals surface area contributed by atoms with Gasteiger partial charge in [0.2, 0.25) is 0 Å². The smallest absolute Gasteiger partial charge is 0.257 e. The molecule has 5 nitrogen and oxygen atoms in total. The number of halogens is 1. The van der Waals surface area contributed by atoms with Gasteiger partial charge in [-0.3, -0.25) is 4.79 Å². The summed E-state index contributed by atoms with van der Waals surface area (Å²) in [5, 5.41) is 3.38. The summed E-state index contributed by atoms with van der Waals surface area (Å²) in [6.45, 7) is 3.70. The number of nitrogens with zero attached hydrogens (tertiary/aromatic N) is 1. The molecule has 2 aliphatic heterocycles. The first kappa shape index (κ1) is 15.9. The van der Waals surface area contributed by atoms with Crippen LogP contribution in [0.2, 0.25) is 0 Å². The Morgan fingerprint density at radius 3 is 2.43 bits per heavy atom. The molecule has 0 unspecified atom stereocenters. The van der Waals surface area contributed by atoms with Crippen molar-refractivity contribution in [3.63, 3.8) is 0 Å². The zero-order valence-corrected chi connectivity index (χ0v) is 13.1. The molecular weight excluding hydrogens is 292 g/mol. The van der Waals surface area contributed by atoms with Crippen LogP contribution in [0.4, 0.5) is 0 Å². The second-order valence-electron chi connectivity index (χ2n) is 5.45. The first-order chi connectivity index (χ1) is 9.72. The van der Waals surface area contributed by atoms with Crippen LogP contribution < -0.4 is 14.8 Å². The summed E-state index contributed by atoms with van der Waals surface area (Å²) < 4.78 is 10.5. The highest BCUT2D eigenvalue weighted by Crippen LogP contribution is 2.30. The first-order valence-electron chi connectivity index (χ1n) is 6.95. The van der Waals surface area contributed by atoms with E-state index in [-0.39, 0.29) is 18.3 Å². The van der Waals surface area contributed by atoms with E-state index < -0.39 is 0 Å². The number of amides is 1. The van der Waals surface area contributed by atoms with Gasteiger partial charge in [0.15, 0.2) is 0 Å². The maximum absolute atomic E-state index is 12.7. The monoisotopic (exact) mass is 312 g/mol. The largest absolute Gasteiger partial charge is 0.497 e. The van der Waals surface area contributed by atoms with E-state index in [0.717, 1.165) is 26.2 Å². The molecule has 1 N–H and O–H groups in total. The molecule has 0 radical (unpaired) electrons. The van der Waals surface area contributed by atoms with Crippen molar-refractivity contribution in [3.05, 3.63) is 23.8 Å². The van der Waals surface area contributed by atoms with Gasteiger partial charge in [-0.05, 0) is 30.0 Å². The summed E-state index contributed by atoms with van der Waals surface area (Å²) >= 11 is 0. The number of benzene rings is 1. The van der Waals surface area contributed by atoms with Crippen molar-refractivity contribution in [3.8, 4) is 11.5 Å². The first-order valence-corrected chi connectivity index (χ1v) is 6.95. The van der Waals surface area contributed by atoms with Crippen LogP contribution in [-0.4, -0.2) is 51.2 Å². The van der Waals surface area contributed by atoms with E-state index in [1.165, 1.54) is 0 Å². The lowest BCUT2D eigenvalue weighted by Gasteiger charge is -2.19. The number of hydrogen-bond acceptors (Lipinski definition) is 4. The Morgan fingerprint density at radius 1 is 1.19 bits per heavy atom. The highest BCUT2D eigenvalue weighted by molar-refractivity contribution is 5.97. The topological polar surface area (TPSA) is 50.8 Å². The highest BCUT2D eigenvalue weighted by Gasteiger charge is 2.38. The predicted octanol–water partition coefficient (Wildman–Crippen LogP) is 1.42. The van der Waals surface area contributed by atoms with Crippen LogP contribution in [0.1, 0.15) is 10.4 Å². The second kappa shape index (κ2) is 6.54. The molecule has 2 atom stereocenters. The fraction of sp³-hybridized carbons (Fsp3) is 0.533. The van der Waals surface area contributed by atoms with Gasteiger partial charge < -0.3 is 19.7 Å². The van der Waals surface area contributed by atoms with Gasteiger partial charge >= 0.3 is 0 Å². The molecule has 1 amide bonds. The van der Waals surface area contributed by atoms with E-state index in [0.29, 0.717) is 28.9 Å². The second-order valence-corrected chi connectivity index (χ2v) is 5.45. The van der Waals surface area contributed by atoms with E-state index in [4.69, 9.17) is 9.47 Å².